The molecule has 10 nitrogen and oxygen atoms in total. The molecular weight excluding hydrogens is 643 g/mol. The van der Waals surface area contributed by atoms with Gasteiger partial charge in [0.05, 0.1) is 29.6 Å². The van der Waals surface area contributed by atoms with Crippen molar-refractivity contribution in [3.63, 3.8) is 0 Å². The van der Waals surface area contributed by atoms with Crippen molar-refractivity contribution in [1.82, 2.24) is 25.1 Å². The molecule has 4 N–H and O–H groups in total. The van der Waals surface area contributed by atoms with E-state index in [-0.39, 0.29) is 16.3 Å². The second-order valence-electron chi connectivity index (χ2n) is 11.8. The normalized spacial score (nSPS) is 18.0. The number of phenols is 1. The summed E-state index contributed by atoms with van der Waals surface area (Å²) in [5.74, 6) is -0.517. The molecule has 46 heavy (non-hydrogen) atoms. The zero-order chi connectivity index (χ0) is 32.5. The molecule has 0 radical (unpaired) electrons. The predicted molar refractivity (Wildman–Crippen MR) is 168 cm³/mol. The van der Waals surface area contributed by atoms with Crippen LogP contribution in [0.2, 0.25) is 0 Å². The third kappa shape index (κ3) is 7.29. The fourth-order valence-electron chi connectivity index (χ4n) is 6.13. The number of alkyl halides is 3. The van der Waals surface area contributed by atoms with Gasteiger partial charge in [0.2, 0.25) is 0 Å². The summed E-state index contributed by atoms with van der Waals surface area (Å²) in [4.78, 5) is 34.5. The van der Waals surface area contributed by atoms with Gasteiger partial charge in [-0.2, -0.15) is 13.2 Å². The fourth-order valence-corrected chi connectivity index (χ4v) is 7.71. The summed E-state index contributed by atoms with van der Waals surface area (Å²) in [6, 6.07) is 11.5. The Morgan fingerprint density at radius 1 is 1.17 bits per heavy atom. The number of hydrogen-bond donors (Lipinski definition) is 4. The first-order chi connectivity index (χ1) is 22.0. The van der Waals surface area contributed by atoms with Crippen LogP contribution in [-0.2, 0) is 23.9 Å². The number of ether oxygens (including phenoxy) is 1. The first-order valence-electron chi connectivity index (χ1n) is 15.0. The number of aliphatic hydroxyl groups excluding tert-OH is 1. The van der Waals surface area contributed by atoms with Gasteiger partial charge in [-0.15, -0.1) is 11.3 Å². The monoisotopic (exact) mass is 677 g/mol. The summed E-state index contributed by atoms with van der Waals surface area (Å²) in [6.45, 7) is 4.21. The van der Waals surface area contributed by atoms with Gasteiger partial charge in [-0.1, -0.05) is 41.7 Å². The molecule has 0 aliphatic carbocycles. The SMILES string of the molecule is O=C(c1csc(C(F)(F)F)n1)N1CCOC2(CCN(Cc3cccc(CCNCC(O)c4ccc(O)c5[nH]c(=O)sc45)c3)CC2)C1. The molecule has 2 aromatic carbocycles. The lowest BCUT2D eigenvalue weighted by Crippen LogP contribution is -2.58. The fraction of sp³-hybridized carbons (Fsp3) is 0.452. The number of phenolic OH excluding ortho intramolecular Hbond substituents is 1. The summed E-state index contributed by atoms with van der Waals surface area (Å²) >= 11 is 1.40. The molecule has 246 valence electrons. The van der Waals surface area contributed by atoms with Crippen molar-refractivity contribution < 1.29 is 32.9 Å². The average molecular weight is 678 g/mol. The van der Waals surface area contributed by atoms with E-state index >= 15 is 0 Å². The number of morpholine rings is 1. The zero-order valence-corrected chi connectivity index (χ0v) is 26.4. The smallest absolute Gasteiger partial charge is 0.443 e. The minimum absolute atomic E-state index is 0.0251. The number of halogens is 3. The highest BCUT2D eigenvalue weighted by Crippen LogP contribution is 2.34. The number of aliphatic hydroxyl groups is 1. The van der Waals surface area contributed by atoms with Crippen LogP contribution in [0.4, 0.5) is 13.2 Å². The molecule has 2 aliphatic rings. The van der Waals surface area contributed by atoms with Gasteiger partial charge in [-0.05, 0) is 43.0 Å². The first kappa shape index (κ1) is 32.6. The van der Waals surface area contributed by atoms with Crippen LogP contribution in [0.3, 0.4) is 0 Å². The number of piperidine rings is 1. The van der Waals surface area contributed by atoms with Gasteiger partial charge in [0.1, 0.15) is 17.0 Å². The van der Waals surface area contributed by atoms with Gasteiger partial charge in [0.15, 0.2) is 5.01 Å². The Balaban J connectivity index is 0.969. The van der Waals surface area contributed by atoms with Gasteiger partial charge in [0.25, 0.3) is 5.91 Å². The Morgan fingerprint density at radius 2 is 1.96 bits per heavy atom. The van der Waals surface area contributed by atoms with E-state index in [9.17, 15) is 33.0 Å². The van der Waals surface area contributed by atoms with Crippen molar-refractivity contribution in [1.29, 1.82) is 0 Å². The number of aromatic nitrogens is 2. The lowest BCUT2D eigenvalue weighted by molar-refractivity contribution is -0.137. The number of aromatic hydroxyl groups is 1. The summed E-state index contributed by atoms with van der Waals surface area (Å²) in [5.41, 5.74) is 2.57. The highest BCUT2D eigenvalue weighted by Gasteiger charge is 2.42. The van der Waals surface area contributed by atoms with Crippen molar-refractivity contribution in [3.8, 4) is 5.75 Å². The molecule has 2 aromatic heterocycles. The van der Waals surface area contributed by atoms with Crippen molar-refractivity contribution in [2.75, 3.05) is 45.9 Å². The first-order valence-corrected chi connectivity index (χ1v) is 16.7. The molecule has 0 saturated carbocycles. The summed E-state index contributed by atoms with van der Waals surface area (Å²) in [5, 5.41) is 24.2. The number of nitrogens with zero attached hydrogens (tertiary/aromatic N) is 3. The number of rotatable bonds is 9. The number of carbonyl (C=O) groups excluding carboxylic acids is 1. The number of fused-ring (bicyclic) bond motifs is 1. The van der Waals surface area contributed by atoms with Gasteiger partial charge in [-0.3, -0.25) is 14.5 Å². The third-order valence-corrected chi connectivity index (χ3v) is 10.4. The maximum atomic E-state index is 13.0. The number of thiazole rings is 2. The molecule has 1 amide bonds. The standard InChI is InChI=1S/C31H34F3N5O5S2/c32-31(33,34)28-36-22(17-45-28)27(42)39-12-13-44-30(18-39)7-10-38(11-8-30)16-20-3-1-2-19(14-20)6-9-35-15-24(41)21-4-5-23(40)25-26(21)46-29(43)37-25/h1-5,14,17,24,35,40-41H,6-13,15-16,18H2,(H,37,43). The third-order valence-electron chi connectivity index (χ3n) is 8.54. The second kappa shape index (κ2) is 13.4. The van der Waals surface area contributed by atoms with E-state index in [2.05, 4.69) is 38.4 Å². The number of amides is 1. The Hall–Kier alpha value is -3.34. The lowest BCUT2D eigenvalue weighted by atomic mass is 9.89. The van der Waals surface area contributed by atoms with Crippen LogP contribution in [0.1, 0.15) is 51.1 Å². The van der Waals surface area contributed by atoms with Gasteiger partial charge < -0.3 is 30.2 Å². The Bertz CT molecular complexity index is 1750. The van der Waals surface area contributed by atoms with E-state index in [0.29, 0.717) is 72.7 Å². The molecule has 15 heteroatoms. The zero-order valence-electron chi connectivity index (χ0n) is 24.8. The van der Waals surface area contributed by atoms with Crippen molar-refractivity contribution in [3.05, 3.63) is 78.8 Å². The van der Waals surface area contributed by atoms with Crippen LogP contribution in [0.5, 0.6) is 5.75 Å². The maximum Gasteiger partial charge on any atom is 0.443 e. The maximum absolute atomic E-state index is 13.0. The van der Waals surface area contributed by atoms with Crippen LogP contribution in [0, 0.1) is 0 Å². The summed E-state index contributed by atoms with van der Waals surface area (Å²) < 4.78 is 45.7. The molecule has 6 rings (SSSR count). The highest BCUT2D eigenvalue weighted by molar-refractivity contribution is 7.16. The van der Waals surface area contributed by atoms with Crippen LogP contribution < -0.4 is 10.2 Å². The van der Waals surface area contributed by atoms with Crippen molar-refractivity contribution >= 4 is 38.8 Å². The molecule has 1 unspecified atom stereocenters. The van der Waals surface area contributed by atoms with Crippen LogP contribution in [-0.4, -0.2) is 87.4 Å². The van der Waals surface area contributed by atoms with Crippen LogP contribution in [0.15, 0.2) is 46.6 Å². The van der Waals surface area contributed by atoms with E-state index in [4.69, 9.17) is 4.74 Å². The largest absolute Gasteiger partial charge is 0.506 e. The predicted octanol–water partition coefficient (Wildman–Crippen LogP) is 4.14. The van der Waals surface area contributed by atoms with E-state index < -0.39 is 28.8 Å². The Labute approximate surface area is 270 Å². The molecule has 2 aliphatic heterocycles. The number of nitrogens with one attached hydrogen (secondary N) is 2. The number of hydrogen-bond acceptors (Lipinski definition) is 10. The average Bonchev–Trinajstić information content (AvgIpc) is 3.69. The molecule has 0 bridgehead atoms. The number of carbonyl (C=O) groups is 1. The van der Waals surface area contributed by atoms with E-state index in [1.807, 2.05) is 6.07 Å². The van der Waals surface area contributed by atoms with Crippen molar-refractivity contribution in [2.24, 2.45) is 0 Å². The quantitative estimate of drug-likeness (QED) is 0.195. The van der Waals surface area contributed by atoms with Crippen LogP contribution in [0.25, 0.3) is 10.2 Å². The van der Waals surface area contributed by atoms with Crippen LogP contribution >= 0.6 is 22.7 Å². The number of likely N-dealkylation sites (tertiary alicyclic amines) is 1. The molecule has 4 aromatic rings. The highest BCUT2D eigenvalue weighted by atomic mass is 32.1. The molecule has 1 atom stereocenters. The minimum Gasteiger partial charge on any atom is -0.506 e. The molecular formula is C31H34F3N5O5S2. The Kier molecular flexibility index (Phi) is 9.50. The Morgan fingerprint density at radius 3 is 2.72 bits per heavy atom. The number of H-pyrrole nitrogens is 1. The minimum atomic E-state index is -4.57. The summed E-state index contributed by atoms with van der Waals surface area (Å²) in [7, 11) is 0. The molecule has 2 saturated heterocycles. The lowest BCUT2D eigenvalue weighted by Gasteiger charge is -2.47. The van der Waals surface area contributed by atoms with Gasteiger partial charge in [-0.25, -0.2) is 4.98 Å². The number of aromatic amines is 1. The van der Waals surface area contributed by atoms with Crippen molar-refractivity contribution in [2.45, 2.75) is 43.7 Å². The topological polar surface area (TPSA) is 131 Å². The second-order valence-corrected chi connectivity index (χ2v) is 13.6. The van der Waals surface area contributed by atoms with E-state index in [1.165, 1.54) is 17.0 Å². The molecule has 4 heterocycles. The summed E-state index contributed by atoms with van der Waals surface area (Å²) in [6.07, 6.45) is -3.23. The van der Waals surface area contributed by atoms with E-state index in [1.54, 1.807) is 11.0 Å². The van der Waals surface area contributed by atoms with Gasteiger partial charge in [0, 0.05) is 43.7 Å². The molecule has 1 spiro atoms. The van der Waals surface area contributed by atoms with E-state index in [0.717, 1.165) is 43.0 Å². The van der Waals surface area contributed by atoms with Gasteiger partial charge >= 0.3 is 11.0 Å². The molecule has 2 fully saturated rings. The number of benzene rings is 2.